The van der Waals surface area contributed by atoms with Crippen LogP contribution in [0.1, 0.15) is 5.69 Å². The Hall–Kier alpha value is -2.37. The number of aromatic nitrogens is 2. The van der Waals surface area contributed by atoms with E-state index in [1.165, 1.54) is 4.68 Å². The third kappa shape index (κ3) is 2.17. The molecule has 6 nitrogen and oxygen atoms in total. The van der Waals surface area contributed by atoms with E-state index in [1.807, 2.05) is 12.1 Å². The molecule has 2 amide bonds. The number of urea groups is 1. The highest BCUT2D eigenvalue weighted by Gasteiger charge is 2.08. The number of benzene rings is 1. The van der Waals surface area contributed by atoms with Gasteiger partial charge in [-0.2, -0.15) is 5.10 Å². The van der Waals surface area contributed by atoms with Crippen molar-refractivity contribution in [3.63, 3.8) is 0 Å². The predicted octanol–water partition coefficient (Wildman–Crippen LogP) is 0.362. The van der Waals surface area contributed by atoms with Gasteiger partial charge < -0.3 is 10.6 Å². The molecule has 1 heterocycles. The molecule has 0 spiro atoms. The van der Waals surface area contributed by atoms with Crippen LogP contribution in [-0.4, -0.2) is 22.9 Å². The minimum Gasteiger partial charge on any atom is -0.341 e. The summed E-state index contributed by atoms with van der Waals surface area (Å²) in [5.41, 5.74) is 0.519. The molecule has 18 heavy (non-hydrogen) atoms. The molecule has 0 aliphatic heterocycles. The molecule has 0 fully saturated rings. The van der Waals surface area contributed by atoms with Gasteiger partial charge in [0.05, 0.1) is 17.6 Å². The van der Waals surface area contributed by atoms with Crippen molar-refractivity contribution in [1.82, 2.24) is 20.4 Å². The van der Waals surface area contributed by atoms with Crippen molar-refractivity contribution < 1.29 is 4.79 Å². The molecule has 1 aromatic heterocycles. The third-order valence-electron chi connectivity index (χ3n) is 2.68. The van der Waals surface area contributed by atoms with E-state index in [0.29, 0.717) is 11.1 Å². The Bertz CT molecular complexity index is 648. The molecular formula is C12H14N4O2. The average molecular weight is 246 g/mol. The number of amides is 2. The molecule has 6 heteroatoms. The molecule has 94 valence electrons. The van der Waals surface area contributed by atoms with E-state index < -0.39 is 0 Å². The van der Waals surface area contributed by atoms with Gasteiger partial charge in [-0.05, 0) is 6.07 Å². The monoisotopic (exact) mass is 246 g/mol. The van der Waals surface area contributed by atoms with Gasteiger partial charge in [0.15, 0.2) is 0 Å². The molecule has 0 saturated carbocycles. The maximum atomic E-state index is 11.9. The first-order valence-corrected chi connectivity index (χ1v) is 5.54. The molecule has 0 saturated heterocycles. The van der Waals surface area contributed by atoms with Crippen LogP contribution in [0.15, 0.2) is 29.1 Å². The number of aryl methyl sites for hydroxylation is 1. The van der Waals surface area contributed by atoms with Crippen molar-refractivity contribution in [3.05, 3.63) is 40.3 Å². The van der Waals surface area contributed by atoms with Gasteiger partial charge in [0, 0.05) is 19.5 Å². The molecule has 2 N–H and O–H groups in total. The second kappa shape index (κ2) is 4.87. The van der Waals surface area contributed by atoms with E-state index in [4.69, 9.17) is 0 Å². The molecule has 0 atom stereocenters. The number of hydrogen-bond acceptors (Lipinski definition) is 3. The van der Waals surface area contributed by atoms with Crippen LogP contribution in [-0.2, 0) is 13.6 Å². The lowest BCUT2D eigenvalue weighted by Crippen LogP contribution is -2.33. The first kappa shape index (κ1) is 12.1. The fraction of sp³-hybridized carbons (Fsp3) is 0.250. The molecular weight excluding hydrogens is 232 g/mol. The van der Waals surface area contributed by atoms with E-state index >= 15 is 0 Å². The lowest BCUT2D eigenvalue weighted by Gasteiger charge is -2.08. The van der Waals surface area contributed by atoms with E-state index in [2.05, 4.69) is 15.7 Å². The standard InChI is InChI=1S/C12H14N4O2/c1-13-12(18)14-7-10-8-5-3-4-6-9(8)11(17)16(2)15-10/h3-6H,7H2,1-2H3,(H2,13,14,18). The zero-order chi connectivity index (χ0) is 13.1. The number of carbonyl (C=O) groups excluding carboxylic acids is 1. The fourth-order valence-electron chi connectivity index (χ4n) is 1.76. The van der Waals surface area contributed by atoms with Crippen molar-refractivity contribution in [1.29, 1.82) is 0 Å². The molecule has 2 rings (SSSR count). The number of fused-ring (bicyclic) bond motifs is 1. The van der Waals surface area contributed by atoms with Crippen LogP contribution in [0.3, 0.4) is 0 Å². The van der Waals surface area contributed by atoms with E-state index in [-0.39, 0.29) is 18.1 Å². The van der Waals surface area contributed by atoms with Crippen LogP contribution in [0, 0.1) is 0 Å². The van der Waals surface area contributed by atoms with E-state index in [9.17, 15) is 9.59 Å². The molecule has 0 aliphatic rings. The van der Waals surface area contributed by atoms with E-state index in [0.717, 1.165) is 5.39 Å². The summed E-state index contributed by atoms with van der Waals surface area (Å²) in [7, 11) is 3.14. The van der Waals surface area contributed by atoms with Gasteiger partial charge in [-0.3, -0.25) is 4.79 Å². The van der Waals surface area contributed by atoms with Gasteiger partial charge in [-0.25, -0.2) is 9.48 Å². The maximum absolute atomic E-state index is 11.9. The number of carbonyl (C=O) groups is 1. The summed E-state index contributed by atoms with van der Waals surface area (Å²) in [5, 5.41) is 10.7. The molecule has 0 radical (unpaired) electrons. The Morgan fingerprint density at radius 1 is 1.33 bits per heavy atom. The van der Waals surface area contributed by atoms with Gasteiger partial charge in [0.2, 0.25) is 0 Å². The van der Waals surface area contributed by atoms with Crippen molar-refractivity contribution in [2.75, 3.05) is 7.05 Å². The van der Waals surface area contributed by atoms with Crippen molar-refractivity contribution in [2.24, 2.45) is 7.05 Å². The van der Waals surface area contributed by atoms with Crippen molar-refractivity contribution >= 4 is 16.8 Å². The Labute approximate surface area is 104 Å². The first-order valence-electron chi connectivity index (χ1n) is 5.54. The Balaban J connectivity index is 2.47. The van der Waals surface area contributed by atoms with Crippen LogP contribution in [0.5, 0.6) is 0 Å². The summed E-state index contributed by atoms with van der Waals surface area (Å²) in [4.78, 5) is 23.0. The summed E-state index contributed by atoms with van der Waals surface area (Å²) in [6, 6.07) is 6.94. The average Bonchev–Trinajstić information content (AvgIpc) is 2.41. The minimum absolute atomic E-state index is 0.144. The van der Waals surface area contributed by atoms with Gasteiger partial charge in [-0.1, -0.05) is 18.2 Å². The van der Waals surface area contributed by atoms with Crippen LogP contribution in [0.2, 0.25) is 0 Å². The third-order valence-corrected chi connectivity index (χ3v) is 2.68. The number of nitrogens with zero attached hydrogens (tertiary/aromatic N) is 2. The number of rotatable bonds is 2. The Morgan fingerprint density at radius 2 is 2.00 bits per heavy atom. The summed E-state index contributed by atoms with van der Waals surface area (Å²) < 4.78 is 1.28. The second-order valence-corrected chi connectivity index (χ2v) is 3.85. The fourth-order valence-corrected chi connectivity index (χ4v) is 1.76. The van der Waals surface area contributed by atoms with Crippen LogP contribution >= 0.6 is 0 Å². The van der Waals surface area contributed by atoms with Gasteiger partial charge >= 0.3 is 6.03 Å². The first-order chi connectivity index (χ1) is 8.63. The lowest BCUT2D eigenvalue weighted by molar-refractivity contribution is 0.242. The summed E-state index contributed by atoms with van der Waals surface area (Å²) in [5.74, 6) is 0. The second-order valence-electron chi connectivity index (χ2n) is 3.85. The highest BCUT2D eigenvalue weighted by Crippen LogP contribution is 2.12. The van der Waals surface area contributed by atoms with Gasteiger partial charge in [-0.15, -0.1) is 0 Å². The number of hydrogen-bond donors (Lipinski definition) is 2. The SMILES string of the molecule is CNC(=O)NCc1nn(C)c(=O)c2ccccc12. The van der Waals surface area contributed by atoms with Crippen LogP contribution in [0.4, 0.5) is 4.79 Å². The molecule has 1 aromatic carbocycles. The van der Waals surface area contributed by atoms with Gasteiger partial charge in [0.1, 0.15) is 0 Å². The zero-order valence-electron chi connectivity index (χ0n) is 10.2. The Kier molecular flexibility index (Phi) is 3.27. The molecule has 0 unspecified atom stereocenters. The van der Waals surface area contributed by atoms with E-state index in [1.54, 1.807) is 26.2 Å². The smallest absolute Gasteiger partial charge is 0.314 e. The van der Waals surface area contributed by atoms with Crippen LogP contribution < -0.4 is 16.2 Å². The Morgan fingerprint density at radius 3 is 2.67 bits per heavy atom. The predicted molar refractivity (Wildman–Crippen MR) is 68.3 cm³/mol. The topological polar surface area (TPSA) is 76.0 Å². The van der Waals surface area contributed by atoms with Crippen molar-refractivity contribution in [3.8, 4) is 0 Å². The quantitative estimate of drug-likeness (QED) is 0.803. The lowest BCUT2D eigenvalue weighted by atomic mass is 10.1. The normalized spacial score (nSPS) is 10.3. The maximum Gasteiger partial charge on any atom is 0.314 e. The zero-order valence-corrected chi connectivity index (χ0v) is 10.2. The molecule has 2 aromatic rings. The molecule has 0 bridgehead atoms. The molecule has 0 aliphatic carbocycles. The summed E-state index contributed by atoms with van der Waals surface area (Å²) in [6.07, 6.45) is 0. The largest absolute Gasteiger partial charge is 0.341 e. The minimum atomic E-state index is -0.283. The summed E-state index contributed by atoms with van der Waals surface area (Å²) in [6.45, 7) is 0.272. The van der Waals surface area contributed by atoms with Crippen molar-refractivity contribution in [2.45, 2.75) is 6.54 Å². The summed E-state index contributed by atoms with van der Waals surface area (Å²) >= 11 is 0. The van der Waals surface area contributed by atoms with Crippen LogP contribution in [0.25, 0.3) is 10.8 Å². The van der Waals surface area contributed by atoms with Gasteiger partial charge in [0.25, 0.3) is 5.56 Å². The highest BCUT2D eigenvalue weighted by atomic mass is 16.2. The highest BCUT2D eigenvalue weighted by molar-refractivity contribution is 5.84. The number of nitrogens with one attached hydrogen (secondary N) is 2.